The summed E-state index contributed by atoms with van der Waals surface area (Å²) in [4.78, 5) is 2.62. The van der Waals surface area contributed by atoms with Gasteiger partial charge in [0.15, 0.2) is 0 Å². The maximum absolute atomic E-state index is 3.69. The van der Waals surface area contributed by atoms with Crippen LogP contribution in [0.4, 0.5) is 0 Å². The van der Waals surface area contributed by atoms with Crippen molar-refractivity contribution in [3.8, 4) is 0 Å². The molecule has 0 spiro atoms. The summed E-state index contributed by atoms with van der Waals surface area (Å²) in [5.41, 5.74) is 1.45. The van der Waals surface area contributed by atoms with Crippen LogP contribution < -0.4 is 5.32 Å². The highest BCUT2D eigenvalue weighted by Gasteiger charge is 2.17. The summed E-state index contributed by atoms with van der Waals surface area (Å²) < 4.78 is 0. The first-order valence-corrected chi connectivity index (χ1v) is 8.26. The van der Waals surface area contributed by atoms with Crippen LogP contribution in [0.3, 0.4) is 0 Å². The van der Waals surface area contributed by atoms with Crippen molar-refractivity contribution in [1.29, 1.82) is 0 Å². The third kappa shape index (κ3) is 4.63. The summed E-state index contributed by atoms with van der Waals surface area (Å²) in [6.07, 6.45) is 4.62. The van der Waals surface area contributed by atoms with E-state index in [0.717, 1.165) is 13.0 Å². The van der Waals surface area contributed by atoms with Gasteiger partial charge in [0.05, 0.1) is 0 Å². The second kappa shape index (κ2) is 7.82. The molecule has 3 heteroatoms. The van der Waals surface area contributed by atoms with Gasteiger partial charge in [-0.3, -0.25) is 0 Å². The van der Waals surface area contributed by atoms with Gasteiger partial charge in [-0.25, -0.2) is 0 Å². The molecular formula is C15H24N2S. The van der Waals surface area contributed by atoms with E-state index in [0.29, 0.717) is 6.04 Å². The molecule has 1 atom stereocenters. The molecule has 2 rings (SSSR count). The Morgan fingerprint density at radius 2 is 2.17 bits per heavy atom. The van der Waals surface area contributed by atoms with E-state index >= 15 is 0 Å². The number of benzene rings is 1. The lowest BCUT2D eigenvalue weighted by Gasteiger charge is -2.24. The topological polar surface area (TPSA) is 15.3 Å². The summed E-state index contributed by atoms with van der Waals surface area (Å²) in [7, 11) is 0. The average Bonchev–Trinajstić information content (AvgIpc) is 2.63. The average molecular weight is 264 g/mol. The molecule has 1 heterocycles. The van der Waals surface area contributed by atoms with Gasteiger partial charge in [0.2, 0.25) is 0 Å². The van der Waals surface area contributed by atoms with Gasteiger partial charge in [0.25, 0.3) is 0 Å². The van der Waals surface area contributed by atoms with Crippen molar-refractivity contribution in [3.05, 3.63) is 35.9 Å². The van der Waals surface area contributed by atoms with Crippen molar-refractivity contribution in [2.45, 2.75) is 18.9 Å². The van der Waals surface area contributed by atoms with Gasteiger partial charge in [0, 0.05) is 24.9 Å². The summed E-state index contributed by atoms with van der Waals surface area (Å²) in [5.74, 6) is 1.25. The number of thioether (sulfide) groups is 1. The third-order valence-electron chi connectivity index (χ3n) is 3.50. The fourth-order valence-corrected chi connectivity index (χ4v) is 2.98. The normalized spacial score (nSPS) is 21.7. The molecule has 1 saturated heterocycles. The molecule has 0 bridgehead atoms. The van der Waals surface area contributed by atoms with Crippen LogP contribution in [0.2, 0.25) is 0 Å². The molecule has 1 fully saturated rings. The molecule has 0 radical (unpaired) electrons. The second-order valence-corrected chi connectivity index (χ2v) is 5.97. The lowest BCUT2D eigenvalue weighted by Crippen LogP contribution is -2.39. The number of rotatable bonds is 5. The van der Waals surface area contributed by atoms with E-state index in [2.05, 4.69) is 46.8 Å². The zero-order valence-corrected chi connectivity index (χ0v) is 12.1. The number of hydrogen-bond donors (Lipinski definition) is 1. The Balaban J connectivity index is 1.86. The highest BCUT2D eigenvalue weighted by atomic mass is 32.2. The molecule has 2 nitrogen and oxygen atoms in total. The molecule has 0 saturated carbocycles. The van der Waals surface area contributed by atoms with Gasteiger partial charge in [-0.1, -0.05) is 30.3 Å². The van der Waals surface area contributed by atoms with E-state index in [1.54, 1.807) is 0 Å². The van der Waals surface area contributed by atoms with Gasteiger partial charge in [-0.05, 0) is 37.8 Å². The van der Waals surface area contributed by atoms with Crippen molar-refractivity contribution in [2.24, 2.45) is 0 Å². The first kappa shape index (κ1) is 13.9. The molecule has 0 aliphatic carbocycles. The second-order valence-electron chi connectivity index (χ2n) is 4.99. The minimum absolute atomic E-state index is 0.608. The Labute approximate surface area is 115 Å². The minimum atomic E-state index is 0.608. The Morgan fingerprint density at radius 3 is 2.94 bits per heavy atom. The minimum Gasteiger partial charge on any atom is -0.312 e. The van der Waals surface area contributed by atoms with E-state index in [-0.39, 0.29) is 0 Å². The van der Waals surface area contributed by atoms with Crippen molar-refractivity contribution >= 4 is 11.8 Å². The fourth-order valence-electron chi connectivity index (χ4n) is 2.54. The molecule has 1 aliphatic rings. The molecule has 0 aromatic heterocycles. The van der Waals surface area contributed by atoms with E-state index < -0.39 is 0 Å². The zero-order chi connectivity index (χ0) is 12.6. The smallest absolute Gasteiger partial charge is 0.0235 e. The Hall–Kier alpha value is -0.510. The molecule has 1 aromatic carbocycles. The van der Waals surface area contributed by atoms with Crippen LogP contribution in [0.5, 0.6) is 0 Å². The van der Waals surface area contributed by atoms with Gasteiger partial charge in [-0.15, -0.1) is 0 Å². The van der Waals surface area contributed by atoms with E-state index in [1.165, 1.54) is 37.4 Å². The van der Waals surface area contributed by atoms with E-state index in [4.69, 9.17) is 0 Å². The van der Waals surface area contributed by atoms with Crippen LogP contribution in [-0.4, -0.2) is 49.1 Å². The highest BCUT2D eigenvalue weighted by Crippen LogP contribution is 2.08. The van der Waals surface area contributed by atoms with Crippen LogP contribution in [0.1, 0.15) is 12.0 Å². The van der Waals surface area contributed by atoms with Crippen molar-refractivity contribution in [3.63, 3.8) is 0 Å². The number of nitrogens with one attached hydrogen (secondary N) is 1. The van der Waals surface area contributed by atoms with Crippen LogP contribution in [-0.2, 0) is 6.42 Å². The van der Waals surface area contributed by atoms with Gasteiger partial charge in [0.1, 0.15) is 0 Å². The predicted octanol–water partition coefficient (Wildman–Crippen LogP) is 2.26. The first-order chi connectivity index (χ1) is 8.88. The van der Waals surface area contributed by atoms with Crippen molar-refractivity contribution < 1.29 is 0 Å². The molecule has 0 amide bonds. The highest BCUT2D eigenvalue weighted by molar-refractivity contribution is 7.98. The largest absolute Gasteiger partial charge is 0.312 e. The molecule has 100 valence electrons. The molecule has 1 N–H and O–H groups in total. The summed E-state index contributed by atoms with van der Waals surface area (Å²) in [6, 6.07) is 11.4. The molecule has 18 heavy (non-hydrogen) atoms. The fraction of sp³-hybridized carbons (Fsp3) is 0.600. The van der Waals surface area contributed by atoms with Gasteiger partial charge >= 0.3 is 0 Å². The molecular weight excluding hydrogens is 240 g/mol. The first-order valence-electron chi connectivity index (χ1n) is 6.87. The Morgan fingerprint density at radius 1 is 1.33 bits per heavy atom. The van der Waals surface area contributed by atoms with E-state index in [9.17, 15) is 0 Å². The van der Waals surface area contributed by atoms with E-state index in [1.807, 2.05) is 11.8 Å². The van der Waals surface area contributed by atoms with Crippen LogP contribution in [0, 0.1) is 0 Å². The SMILES string of the molecule is CSCCN1CCCNC(Cc2ccccc2)C1. The van der Waals surface area contributed by atoms with Crippen LogP contribution >= 0.6 is 11.8 Å². The van der Waals surface area contributed by atoms with Crippen LogP contribution in [0.15, 0.2) is 30.3 Å². The molecule has 1 unspecified atom stereocenters. The van der Waals surface area contributed by atoms with Crippen LogP contribution in [0.25, 0.3) is 0 Å². The quantitative estimate of drug-likeness (QED) is 0.878. The number of hydrogen-bond acceptors (Lipinski definition) is 3. The summed E-state index contributed by atoms with van der Waals surface area (Å²) in [6.45, 7) is 4.83. The predicted molar refractivity (Wildman–Crippen MR) is 81.4 cm³/mol. The standard InChI is InChI=1S/C15H24N2S/c1-18-11-10-17-9-5-8-16-15(13-17)12-14-6-3-2-4-7-14/h2-4,6-7,15-16H,5,8-13H2,1H3. The van der Waals surface area contributed by atoms with Crippen molar-refractivity contribution in [2.75, 3.05) is 38.2 Å². The maximum Gasteiger partial charge on any atom is 0.0235 e. The zero-order valence-electron chi connectivity index (χ0n) is 11.3. The third-order valence-corrected chi connectivity index (χ3v) is 4.09. The summed E-state index contributed by atoms with van der Waals surface area (Å²) >= 11 is 1.95. The summed E-state index contributed by atoms with van der Waals surface area (Å²) in [5, 5.41) is 3.69. The molecule has 1 aliphatic heterocycles. The monoisotopic (exact) mass is 264 g/mol. The van der Waals surface area contributed by atoms with Gasteiger partial charge in [-0.2, -0.15) is 11.8 Å². The Kier molecular flexibility index (Phi) is 6.05. The molecule has 1 aromatic rings. The lowest BCUT2D eigenvalue weighted by atomic mass is 10.1. The van der Waals surface area contributed by atoms with Crippen molar-refractivity contribution in [1.82, 2.24) is 10.2 Å². The lowest BCUT2D eigenvalue weighted by molar-refractivity contribution is 0.283. The van der Waals surface area contributed by atoms with Gasteiger partial charge < -0.3 is 10.2 Å². The Bertz CT molecular complexity index is 329. The maximum atomic E-state index is 3.69. The number of nitrogens with zero attached hydrogens (tertiary/aromatic N) is 1.